The van der Waals surface area contributed by atoms with Crippen molar-refractivity contribution in [1.29, 1.82) is 0 Å². The molecule has 0 aliphatic rings. The van der Waals surface area contributed by atoms with Gasteiger partial charge in [0.2, 0.25) is 11.8 Å². The van der Waals surface area contributed by atoms with Gasteiger partial charge in [0.1, 0.15) is 0 Å². The van der Waals surface area contributed by atoms with Gasteiger partial charge < -0.3 is 9.73 Å². The highest BCUT2D eigenvalue weighted by Gasteiger charge is 2.08. The summed E-state index contributed by atoms with van der Waals surface area (Å²) < 4.78 is 5.66. The molecule has 0 fully saturated rings. The maximum Gasteiger partial charge on any atom is 0.247 e. The van der Waals surface area contributed by atoms with Gasteiger partial charge in [-0.05, 0) is 37.3 Å². The number of aryl methyl sites for hydroxylation is 1. The lowest BCUT2D eigenvalue weighted by Crippen LogP contribution is -1.99. The van der Waals surface area contributed by atoms with E-state index in [2.05, 4.69) is 15.5 Å². The number of nitrogens with one attached hydrogen (secondary N) is 1. The van der Waals surface area contributed by atoms with Crippen LogP contribution in [0.15, 0.2) is 52.9 Å². The molecule has 0 spiro atoms. The Labute approximate surface area is 127 Å². The highest BCUT2D eigenvalue weighted by Crippen LogP contribution is 2.20. The molecule has 2 aromatic carbocycles. The summed E-state index contributed by atoms with van der Waals surface area (Å²) in [6.07, 6.45) is 0. The van der Waals surface area contributed by atoms with Crippen LogP contribution in [-0.2, 0) is 6.54 Å². The van der Waals surface area contributed by atoms with E-state index in [9.17, 15) is 0 Å². The van der Waals surface area contributed by atoms with Crippen molar-refractivity contribution in [1.82, 2.24) is 10.2 Å². The van der Waals surface area contributed by atoms with Gasteiger partial charge in [-0.25, -0.2) is 0 Å². The molecule has 21 heavy (non-hydrogen) atoms. The highest BCUT2D eigenvalue weighted by molar-refractivity contribution is 6.30. The quantitative estimate of drug-likeness (QED) is 0.780. The number of halogens is 1. The predicted octanol–water partition coefficient (Wildman–Crippen LogP) is 4.31. The molecule has 1 N–H and O–H groups in total. The van der Waals surface area contributed by atoms with E-state index in [-0.39, 0.29) is 0 Å². The number of benzene rings is 2. The lowest BCUT2D eigenvalue weighted by Gasteiger charge is -2.03. The third-order valence-corrected chi connectivity index (χ3v) is 3.24. The van der Waals surface area contributed by atoms with Crippen molar-refractivity contribution in [2.24, 2.45) is 0 Å². The van der Waals surface area contributed by atoms with Crippen LogP contribution in [0, 0.1) is 6.92 Å². The van der Waals surface area contributed by atoms with E-state index in [0.717, 1.165) is 16.8 Å². The van der Waals surface area contributed by atoms with Gasteiger partial charge in [0.25, 0.3) is 0 Å². The first-order chi connectivity index (χ1) is 10.2. The zero-order valence-electron chi connectivity index (χ0n) is 11.5. The van der Waals surface area contributed by atoms with Crippen molar-refractivity contribution in [3.8, 4) is 11.5 Å². The molecule has 0 aliphatic heterocycles. The van der Waals surface area contributed by atoms with Crippen molar-refractivity contribution in [3.63, 3.8) is 0 Å². The molecule has 0 unspecified atom stereocenters. The Hall–Kier alpha value is -2.33. The largest absolute Gasteiger partial charge is 0.419 e. The summed E-state index contributed by atoms with van der Waals surface area (Å²) in [5.74, 6) is 1.06. The Kier molecular flexibility index (Phi) is 3.88. The zero-order chi connectivity index (χ0) is 14.7. The summed E-state index contributed by atoms with van der Waals surface area (Å²) in [7, 11) is 0. The van der Waals surface area contributed by atoms with Gasteiger partial charge in [-0.3, -0.25) is 0 Å². The van der Waals surface area contributed by atoms with Gasteiger partial charge in [0.15, 0.2) is 0 Å². The van der Waals surface area contributed by atoms with Crippen LogP contribution in [0.25, 0.3) is 11.5 Å². The molecule has 106 valence electrons. The molecular formula is C16H14ClN3O. The van der Waals surface area contributed by atoms with Crippen LogP contribution in [0.5, 0.6) is 0 Å². The monoisotopic (exact) mass is 299 g/mol. The van der Waals surface area contributed by atoms with E-state index in [1.54, 1.807) is 0 Å². The van der Waals surface area contributed by atoms with Crippen LogP contribution in [0.2, 0.25) is 5.02 Å². The first-order valence-electron chi connectivity index (χ1n) is 6.59. The Morgan fingerprint density at radius 3 is 2.76 bits per heavy atom. The number of aromatic nitrogens is 2. The molecule has 0 amide bonds. The van der Waals surface area contributed by atoms with Crippen LogP contribution in [-0.4, -0.2) is 10.2 Å². The molecule has 0 radical (unpaired) electrons. The summed E-state index contributed by atoms with van der Waals surface area (Å²) >= 11 is 5.93. The summed E-state index contributed by atoms with van der Waals surface area (Å²) in [6.45, 7) is 2.49. The topological polar surface area (TPSA) is 51.0 Å². The fourth-order valence-electron chi connectivity index (χ4n) is 2.00. The fourth-order valence-corrected chi connectivity index (χ4v) is 2.19. The van der Waals surface area contributed by atoms with Crippen LogP contribution < -0.4 is 5.32 Å². The number of nitrogens with zero attached hydrogens (tertiary/aromatic N) is 2. The summed E-state index contributed by atoms with van der Waals surface area (Å²) in [5, 5.41) is 12.0. The molecule has 1 aromatic heterocycles. The maximum atomic E-state index is 5.93. The van der Waals surface area contributed by atoms with Gasteiger partial charge >= 0.3 is 0 Å². The predicted molar refractivity (Wildman–Crippen MR) is 83.2 cm³/mol. The standard InChI is InChI=1S/C16H14ClN3O/c1-11-4-2-5-12(8-11)16-20-19-15(21-16)10-18-14-7-3-6-13(17)9-14/h2-9,18H,10H2,1H3. The molecule has 0 atom stereocenters. The summed E-state index contributed by atoms with van der Waals surface area (Å²) in [6, 6.07) is 15.5. The van der Waals surface area contributed by atoms with Gasteiger partial charge in [-0.1, -0.05) is 35.4 Å². The molecule has 3 aromatic rings. The third-order valence-electron chi connectivity index (χ3n) is 3.00. The van der Waals surface area contributed by atoms with Crippen LogP contribution >= 0.6 is 11.6 Å². The lowest BCUT2D eigenvalue weighted by molar-refractivity contribution is 0.515. The molecule has 0 bridgehead atoms. The van der Waals surface area contributed by atoms with Crippen LogP contribution in [0.3, 0.4) is 0 Å². The Bertz CT molecular complexity index is 755. The second-order valence-electron chi connectivity index (χ2n) is 4.73. The molecule has 4 nitrogen and oxygen atoms in total. The third kappa shape index (κ3) is 3.41. The lowest BCUT2D eigenvalue weighted by atomic mass is 10.1. The van der Waals surface area contributed by atoms with E-state index in [4.69, 9.17) is 16.0 Å². The van der Waals surface area contributed by atoms with Crippen molar-refractivity contribution in [2.75, 3.05) is 5.32 Å². The van der Waals surface area contributed by atoms with E-state index in [0.29, 0.717) is 23.3 Å². The molecule has 5 heteroatoms. The first kappa shape index (κ1) is 13.6. The maximum absolute atomic E-state index is 5.93. The van der Waals surface area contributed by atoms with Crippen molar-refractivity contribution in [3.05, 3.63) is 65.0 Å². The number of anilines is 1. The normalized spacial score (nSPS) is 10.6. The van der Waals surface area contributed by atoms with Gasteiger partial charge in [-0.15, -0.1) is 10.2 Å². The molecule has 0 saturated heterocycles. The minimum absolute atomic E-state index is 0.457. The minimum Gasteiger partial charge on any atom is -0.419 e. The molecule has 3 rings (SSSR count). The van der Waals surface area contributed by atoms with E-state index in [1.807, 2.05) is 55.5 Å². The fraction of sp³-hybridized carbons (Fsp3) is 0.125. The van der Waals surface area contributed by atoms with Gasteiger partial charge in [0.05, 0.1) is 6.54 Å². The molecular weight excluding hydrogens is 286 g/mol. The van der Waals surface area contributed by atoms with Crippen molar-refractivity contribution in [2.45, 2.75) is 13.5 Å². The average Bonchev–Trinajstić information content (AvgIpc) is 2.94. The second kappa shape index (κ2) is 5.97. The molecule has 1 heterocycles. The van der Waals surface area contributed by atoms with E-state index >= 15 is 0 Å². The van der Waals surface area contributed by atoms with E-state index < -0.39 is 0 Å². The van der Waals surface area contributed by atoms with Crippen LogP contribution in [0.4, 0.5) is 5.69 Å². The average molecular weight is 300 g/mol. The summed E-state index contributed by atoms with van der Waals surface area (Å²) in [4.78, 5) is 0. The van der Waals surface area contributed by atoms with Crippen molar-refractivity contribution >= 4 is 17.3 Å². The Morgan fingerprint density at radius 2 is 1.95 bits per heavy atom. The zero-order valence-corrected chi connectivity index (χ0v) is 12.3. The molecule has 0 aliphatic carbocycles. The highest BCUT2D eigenvalue weighted by atomic mass is 35.5. The minimum atomic E-state index is 0.457. The second-order valence-corrected chi connectivity index (χ2v) is 5.17. The van der Waals surface area contributed by atoms with Gasteiger partial charge in [-0.2, -0.15) is 0 Å². The number of hydrogen-bond acceptors (Lipinski definition) is 4. The number of rotatable bonds is 4. The Balaban J connectivity index is 1.71. The first-order valence-corrected chi connectivity index (χ1v) is 6.97. The number of hydrogen-bond donors (Lipinski definition) is 1. The van der Waals surface area contributed by atoms with Crippen LogP contribution in [0.1, 0.15) is 11.5 Å². The SMILES string of the molecule is Cc1cccc(-c2nnc(CNc3cccc(Cl)c3)o2)c1. The van der Waals surface area contributed by atoms with Crippen molar-refractivity contribution < 1.29 is 4.42 Å². The van der Waals surface area contributed by atoms with Gasteiger partial charge in [0, 0.05) is 16.3 Å². The van der Waals surface area contributed by atoms with E-state index in [1.165, 1.54) is 0 Å². The molecule has 0 saturated carbocycles. The smallest absolute Gasteiger partial charge is 0.247 e. The summed E-state index contributed by atoms with van der Waals surface area (Å²) in [5.41, 5.74) is 3.00. The Morgan fingerprint density at radius 1 is 1.10 bits per heavy atom.